The van der Waals surface area contributed by atoms with E-state index in [9.17, 15) is 9.59 Å². The molecule has 0 aliphatic rings. The van der Waals surface area contributed by atoms with E-state index in [0.717, 1.165) is 11.3 Å². The van der Waals surface area contributed by atoms with Crippen molar-refractivity contribution in [3.8, 4) is 5.75 Å². The molecule has 0 fully saturated rings. The molecular formula is C28H30O4. The lowest BCUT2D eigenvalue weighted by atomic mass is 9.94. The smallest absolute Gasteiger partial charge is 0.193 e. The number of carbonyl (C=O) groups excluding carboxylic acids is 2. The van der Waals surface area contributed by atoms with Crippen molar-refractivity contribution in [3.05, 3.63) is 101 Å². The van der Waals surface area contributed by atoms with Crippen LogP contribution in [-0.2, 0) is 10.3 Å². The highest BCUT2D eigenvalue weighted by Gasteiger charge is 2.20. The van der Waals surface area contributed by atoms with Gasteiger partial charge in [0.1, 0.15) is 11.4 Å². The molecule has 0 unspecified atom stereocenters. The van der Waals surface area contributed by atoms with E-state index < -0.39 is 5.60 Å². The van der Waals surface area contributed by atoms with E-state index in [0.29, 0.717) is 22.3 Å². The van der Waals surface area contributed by atoms with Crippen molar-refractivity contribution in [1.29, 1.82) is 0 Å². The minimum atomic E-state index is -0.416. The lowest BCUT2D eigenvalue weighted by Crippen LogP contribution is -2.22. The van der Waals surface area contributed by atoms with Gasteiger partial charge in [0.15, 0.2) is 11.6 Å². The Morgan fingerprint density at radius 1 is 0.594 bits per heavy atom. The number of hydrogen-bond acceptors (Lipinski definition) is 4. The molecular weight excluding hydrogens is 400 g/mol. The minimum absolute atomic E-state index is 0.0885. The summed E-state index contributed by atoms with van der Waals surface area (Å²) in [5.41, 5.74) is 2.51. The van der Waals surface area contributed by atoms with Gasteiger partial charge in [0.05, 0.1) is 5.60 Å². The highest BCUT2D eigenvalue weighted by Crippen LogP contribution is 2.25. The van der Waals surface area contributed by atoms with E-state index in [1.165, 1.54) is 0 Å². The van der Waals surface area contributed by atoms with Crippen LogP contribution in [0.15, 0.2) is 72.8 Å². The van der Waals surface area contributed by atoms with Crippen molar-refractivity contribution < 1.29 is 19.1 Å². The van der Waals surface area contributed by atoms with Crippen LogP contribution >= 0.6 is 0 Å². The maximum Gasteiger partial charge on any atom is 0.193 e. The number of benzene rings is 3. The number of carbonyl (C=O) groups is 2. The summed E-state index contributed by atoms with van der Waals surface area (Å²) < 4.78 is 11.3. The van der Waals surface area contributed by atoms with Crippen LogP contribution in [-0.4, -0.2) is 24.3 Å². The number of rotatable bonds is 7. The van der Waals surface area contributed by atoms with Gasteiger partial charge in [-0.05, 0) is 64.4 Å². The molecule has 0 amide bonds. The minimum Gasteiger partial charge on any atom is -0.488 e. The molecule has 0 saturated heterocycles. The number of ketones is 2. The fourth-order valence-electron chi connectivity index (χ4n) is 3.28. The van der Waals surface area contributed by atoms with Crippen LogP contribution in [0.3, 0.4) is 0 Å². The molecule has 0 N–H and O–H groups in total. The summed E-state index contributed by atoms with van der Waals surface area (Å²) in [6.45, 7) is 9.88. The fourth-order valence-corrected chi connectivity index (χ4v) is 3.28. The van der Waals surface area contributed by atoms with Gasteiger partial charge in [-0.25, -0.2) is 0 Å². The molecule has 0 aromatic heterocycles. The molecule has 4 heteroatoms. The summed E-state index contributed by atoms with van der Waals surface area (Å²) in [7, 11) is 1.66. The molecule has 4 nitrogen and oxygen atoms in total. The quantitative estimate of drug-likeness (QED) is 0.418. The van der Waals surface area contributed by atoms with E-state index in [-0.39, 0.29) is 17.2 Å². The predicted octanol–water partition coefficient (Wildman–Crippen LogP) is 6.21. The van der Waals surface area contributed by atoms with E-state index in [4.69, 9.17) is 9.47 Å². The predicted molar refractivity (Wildman–Crippen MR) is 127 cm³/mol. The van der Waals surface area contributed by atoms with Gasteiger partial charge in [-0.15, -0.1) is 0 Å². The van der Waals surface area contributed by atoms with Crippen LogP contribution in [0.2, 0.25) is 0 Å². The third-order valence-corrected chi connectivity index (χ3v) is 5.30. The lowest BCUT2D eigenvalue weighted by molar-refractivity contribution is 0.0192. The zero-order valence-corrected chi connectivity index (χ0v) is 19.6. The van der Waals surface area contributed by atoms with Crippen LogP contribution in [0.25, 0.3) is 0 Å². The van der Waals surface area contributed by atoms with Gasteiger partial charge in [0, 0.05) is 29.4 Å². The average Bonchev–Trinajstić information content (AvgIpc) is 2.78. The molecule has 0 radical (unpaired) electrons. The molecule has 0 spiro atoms. The first-order chi connectivity index (χ1) is 15.0. The SMILES string of the molecule is COC(C)(C)c1ccc(C(=O)c2ccc(C(=O)c3ccc(OC(C)(C)C)cc3)cc2)cc1. The number of ether oxygens (including phenoxy) is 2. The van der Waals surface area contributed by atoms with Crippen LogP contribution < -0.4 is 4.74 Å². The molecule has 0 aliphatic heterocycles. The van der Waals surface area contributed by atoms with Crippen LogP contribution in [0.1, 0.15) is 72.0 Å². The monoisotopic (exact) mass is 430 g/mol. The fraction of sp³-hybridized carbons (Fsp3) is 0.286. The summed E-state index contributed by atoms with van der Waals surface area (Å²) in [5.74, 6) is 0.529. The van der Waals surface area contributed by atoms with E-state index in [1.807, 2.05) is 46.8 Å². The Morgan fingerprint density at radius 2 is 0.938 bits per heavy atom. The Balaban J connectivity index is 1.73. The molecule has 0 bridgehead atoms. The van der Waals surface area contributed by atoms with Gasteiger partial charge >= 0.3 is 0 Å². The first-order valence-electron chi connectivity index (χ1n) is 10.6. The summed E-state index contributed by atoms with van der Waals surface area (Å²) in [5, 5.41) is 0. The summed E-state index contributed by atoms with van der Waals surface area (Å²) in [6.07, 6.45) is 0. The van der Waals surface area contributed by atoms with Crippen molar-refractivity contribution in [2.75, 3.05) is 7.11 Å². The Hall–Kier alpha value is -3.24. The van der Waals surface area contributed by atoms with Gasteiger partial charge in [-0.1, -0.05) is 48.5 Å². The topological polar surface area (TPSA) is 52.6 Å². The second kappa shape index (κ2) is 9.09. The van der Waals surface area contributed by atoms with Crippen molar-refractivity contribution in [2.45, 2.75) is 45.8 Å². The van der Waals surface area contributed by atoms with Gasteiger partial charge in [0.25, 0.3) is 0 Å². The van der Waals surface area contributed by atoms with Crippen molar-refractivity contribution in [1.82, 2.24) is 0 Å². The second-order valence-electron chi connectivity index (χ2n) is 9.27. The Morgan fingerprint density at radius 3 is 1.28 bits per heavy atom. The maximum atomic E-state index is 12.8. The summed E-state index contributed by atoms with van der Waals surface area (Å²) in [6, 6.07) is 21.3. The van der Waals surface area contributed by atoms with Crippen molar-refractivity contribution in [2.24, 2.45) is 0 Å². The Kier molecular flexibility index (Phi) is 6.65. The van der Waals surface area contributed by atoms with Crippen molar-refractivity contribution in [3.63, 3.8) is 0 Å². The molecule has 166 valence electrons. The highest BCUT2D eigenvalue weighted by atomic mass is 16.5. The van der Waals surface area contributed by atoms with Crippen LogP contribution in [0.4, 0.5) is 0 Å². The van der Waals surface area contributed by atoms with Crippen LogP contribution in [0.5, 0.6) is 5.75 Å². The summed E-state index contributed by atoms with van der Waals surface area (Å²) >= 11 is 0. The molecule has 3 aromatic carbocycles. The van der Waals surface area contributed by atoms with Gasteiger partial charge in [0.2, 0.25) is 0 Å². The van der Waals surface area contributed by atoms with E-state index in [1.54, 1.807) is 67.8 Å². The van der Waals surface area contributed by atoms with Crippen molar-refractivity contribution >= 4 is 11.6 Å². The number of methoxy groups -OCH3 is 1. The second-order valence-corrected chi connectivity index (χ2v) is 9.27. The van der Waals surface area contributed by atoms with E-state index in [2.05, 4.69) is 0 Å². The maximum absolute atomic E-state index is 12.8. The summed E-state index contributed by atoms with van der Waals surface area (Å²) in [4.78, 5) is 25.7. The Labute approximate surface area is 190 Å². The zero-order valence-electron chi connectivity index (χ0n) is 19.6. The van der Waals surface area contributed by atoms with E-state index >= 15 is 0 Å². The third-order valence-electron chi connectivity index (χ3n) is 5.30. The first kappa shape index (κ1) is 23.4. The number of hydrogen-bond donors (Lipinski definition) is 0. The Bertz CT molecular complexity index is 1080. The van der Waals surface area contributed by atoms with Gasteiger partial charge < -0.3 is 9.47 Å². The molecule has 3 aromatic rings. The average molecular weight is 431 g/mol. The largest absolute Gasteiger partial charge is 0.488 e. The van der Waals surface area contributed by atoms with Crippen LogP contribution in [0, 0.1) is 0 Å². The first-order valence-corrected chi connectivity index (χ1v) is 10.6. The van der Waals surface area contributed by atoms with Gasteiger partial charge in [-0.3, -0.25) is 9.59 Å². The molecule has 0 aliphatic carbocycles. The normalized spacial score (nSPS) is 11.8. The molecule has 3 rings (SSSR count). The molecule has 0 atom stereocenters. The molecule has 0 saturated carbocycles. The molecule has 32 heavy (non-hydrogen) atoms. The zero-order chi connectivity index (χ0) is 23.5. The highest BCUT2D eigenvalue weighted by molar-refractivity contribution is 6.11. The lowest BCUT2D eigenvalue weighted by Gasteiger charge is -2.23. The van der Waals surface area contributed by atoms with Gasteiger partial charge in [-0.2, -0.15) is 0 Å². The third kappa shape index (κ3) is 5.51. The molecule has 0 heterocycles. The standard InChI is InChI=1S/C28H30O4/c1-27(2,3)32-24-17-13-22(14-18-24)26(30)20-9-7-19(8-10-20)25(29)21-11-15-23(16-12-21)28(4,5)31-6/h7-18H,1-6H3.